The van der Waals surface area contributed by atoms with Gasteiger partial charge in [0.15, 0.2) is 0 Å². The summed E-state index contributed by atoms with van der Waals surface area (Å²) < 4.78 is 12.8. The topological polar surface area (TPSA) is 20.3 Å². The smallest absolute Gasteiger partial charge is 0.226 e. The van der Waals surface area contributed by atoms with E-state index in [1.165, 1.54) is 11.0 Å². The van der Waals surface area contributed by atoms with E-state index in [4.69, 9.17) is 11.6 Å². The Morgan fingerprint density at radius 2 is 2.54 bits per heavy atom. The number of hydrogen-bond acceptors (Lipinski definition) is 1. The lowest BCUT2D eigenvalue weighted by atomic mass is 10.1. The third-order valence-electron chi connectivity index (χ3n) is 2.07. The summed E-state index contributed by atoms with van der Waals surface area (Å²) in [6.45, 7) is 2.47. The largest absolute Gasteiger partial charge is 0.335 e. The third-order valence-corrected chi connectivity index (χ3v) is 2.53. The molecule has 0 aliphatic carbocycles. The Balaban J connectivity index is 2.53. The average Bonchev–Trinajstić information content (AvgIpc) is 2.15. The molecule has 0 fully saturated rings. The van der Waals surface area contributed by atoms with Gasteiger partial charge in [-0.25, -0.2) is 4.39 Å². The Morgan fingerprint density at radius 1 is 1.85 bits per heavy atom. The van der Waals surface area contributed by atoms with Crippen LogP contribution < -0.4 is 0 Å². The number of alkyl halides is 1. The van der Waals surface area contributed by atoms with Gasteiger partial charge in [-0.15, -0.1) is 11.6 Å². The molecule has 1 heterocycles. The van der Waals surface area contributed by atoms with Crippen molar-refractivity contribution >= 4 is 17.5 Å². The summed E-state index contributed by atoms with van der Waals surface area (Å²) in [6.07, 6.45) is 2.13. The maximum Gasteiger partial charge on any atom is 0.226 e. The molecule has 4 heteroatoms. The second-order valence-electron chi connectivity index (χ2n) is 3.25. The van der Waals surface area contributed by atoms with Crippen LogP contribution in [0.2, 0.25) is 0 Å². The van der Waals surface area contributed by atoms with E-state index in [0.29, 0.717) is 18.8 Å². The molecule has 13 heavy (non-hydrogen) atoms. The van der Waals surface area contributed by atoms with Gasteiger partial charge in [-0.1, -0.05) is 6.92 Å². The zero-order valence-electron chi connectivity index (χ0n) is 7.59. The fraction of sp³-hybridized carbons (Fsp3) is 0.667. The van der Waals surface area contributed by atoms with Gasteiger partial charge in [0.25, 0.3) is 0 Å². The van der Waals surface area contributed by atoms with Gasteiger partial charge in [0.05, 0.1) is 6.54 Å². The molecule has 0 radical (unpaired) electrons. The highest BCUT2D eigenvalue weighted by Gasteiger charge is 2.22. The highest BCUT2D eigenvalue weighted by Crippen LogP contribution is 2.13. The van der Waals surface area contributed by atoms with Gasteiger partial charge in [-0.2, -0.15) is 0 Å². The molecule has 0 bridgehead atoms. The molecule has 0 saturated heterocycles. The molecular formula is C9H13ClFNO. The minimum absolute atomic E-state index is 0.0572. The van der Waals surface area contributed by atoms with Crippen LogP contribution in [0.3, 0.4) is 0 Å². The van der Waals surface area contributed by atoms with Crippen molar-refractivity contribution in [3.8, 4) is 0 Å². The first-order valence-electron chi connectivity index (χ1n) is 4.34. The molecule has 0 spiro atoms. The molecule has 0 aromatic heterocycles. The van der Waals surface area contributed by atoms with E-state index in [0.717, 1.165) is 0 Å². The number of halogens is 2. The Hall–Kier alpha value is -0.570. The van der Waals surface area contributed by atoms with Crippen LogP contribution in [0.1, 0.15) is 13.3 Å². The van der Waals surface area contributed by atoms with E-state index in [1.54, 1.807) is 6.92 Å². The van der Waals surface area contributed by atoms with Crippen LogP contribution in [0.15, 0.2) is 11.9 Å². The van der Waals surface area contributed by atoms with Gasteiger partial charge >= 0.3 is 0 Å². The van der Waals surface area contributed by atoms with E-state index in [9.17, 15) is 9.18 Å². The molecule has 2 nitrogen and oxygen atoms in total. The van der Waals surface area contributed by atoms with E-state index in [-0.39, 0.29) is 24.2 Å². The van der Waals surface area contributed by atoms with Crippen molar-refractivity contribution in [1.82, 2.24) is 4.90 Å². The van der Waals surface area contributed by atoms with Crippen molar-refractivity contribution in [1.29, 1.82) is 0 Å². The number of rotatable bonds is 2. The molecule has 0 aromatic rings. The summed E-state index contributed by atoms with van der Waals surface area (Å²) in [4.78, 5) is 13.0. The summed E-state index contributed by atoms with van der Waals surface area (Å²) in [5, 5.41) is 0. The number of nitrogens with zero attached hydrogens (tertiary/aromatic N) is 1. The van der Waals surface area contributed by atoms with Crippen LogP contribution in [0.5, 0.6) is 0 Å². The summed E-state index contributed by atoms with van der Waals surface area (Å²) >= 11 is 5.55. The fourth-order valence-electron chi connectivity index (χ4n) is 1.27. The van der Waals surface area contributed by atoms with E-state index < -0.39 is 0 Å². The fourth-order valence-corrected chi connectivity index (χ4v) is 1.40. The van der Waals surface area contributed by atoms with Crippen molar-refractivity contribution in [2.24, 2.45) is 5.92 Å². The maximum atomic E-state index is 12.8. The van der Waals surface area contributed by atoms with Crippen LogP contribution >= 0.6 is 11.6 Å². The molecule has 0 aromatic carbocycles. The average molecular weight is 206 g/mol. The molecule has 1 atom stereocenters. The van der Waals surface area contributed by atoms with Crippen LogP contribution in [-0.4, -0.2) is 29.8 Å². The summed E-state index contributed by atoms with van der Waals surface area (Å²) in [5.74, 6) is -0.201. The molecule has 1 aliphatic rings. The second-order valence-corrected chi connectivity index (χ2v) is 3.56. The Labute approximate surface area is 82.4 Å². The van der Waals surface area contributed by atoms with Crippen molar-refractivity contribution < 1.29 is 9.18 Å². The van der Waals surface area contributed by atoms with Gasteiger partial charge in [0.2, 0.25) is 5.91 Å². The quantitative estimate of drug-likeness (QED) is 0.631. The predicted molar refractivity (Wildman–Crippen MR) is 50.3 cm³/mol. The van der Waals surface area contributed by atoms with Crippen molar-refractivity contribution in [2.75, 3.05) is 19.0 Å². The molecule has 1 unspecified atom stereocenters. The van der Waals surface area contributed by atoms with Crippen LogP contribution in [0.25, 0.3) is 0 Å². The van der Waals surface area contributed by atoms with E-state index >= 15 is 0 Å². The molecule has 1 aliphatic heterocycles. The summed E-state index contributed by atoms with van der Waals surface area (Å²) in [5.41, 5.74) is 0. The van der Waals surface area contributed by atoms with Crippen molar-refractivity contribution in [3.05, 3.63) is 11.9 Å². The molecule has 0 saturated carbocycles. The number of hydrogen-bond donors (Lipinski definition) is 0. The highest BCUT2D eigenvalue weighted by molar-refractivity contribution is 6.19. The van der Waals surface area contributed by atoms with Gasteiger partial charge in [-0.05, 0) is 12.5 Å². The lowest BCUT2D eigenvalue weighted by Crippen LogP contribution is -2.39. The Kier molecular flexibility index (Phi) is 3.72. The van der Waals surface area contributed by atoms with Gasteiger partial charge in [0.1, 0.15) is 5.83 Å². The summed E-state index contributed by atoms with van der Waals surface area (Å²) in [6, 6.07) is 0. The monoisotopic (exact) mass is 205 g/mol. The Bertz CT molecular complexity index is 230. The number of carbonyl (C=O) groups is 1. The molecule has 1 rings (SSSR count). The zero-order valence-corrected chi connectivity index (χ0v) is 8.35. The lowest BCUT2D eigenvalue weighted by molar-refractivity contribution is -0.134. The number of amides is 1. The Morgan fingerprint density at radius 3 is 3.08 bits per heavy atom. The van der Waals surface area contributed by atoms with E-state index in [1.807, 2.05) is 0 Å². The number of carbonyl (C=O) groups excluding carboxylic acids is 1. The summed E-state index contributed by atoms with van der Waals surface area (Å²) in [7, 11) is 0. The van der Waals surface area contributed by atoms with Crippen LogP contribution in [-0.2, 0) is 4.79 Å². The highest BCUT2D eigenvalue weighted by atomic mass is 35.5. The SMILES string of the molecule is CC(CCl)C(=O)N1CCC=C(F)C1. The van der Waals surface area contributed by atoms with E-state index in [2.05, 4.69) is 0 Å². The first-order chi connectivity index (χ1) is 6.15. The van der Waals surface area contributed by atoms with Gasteiger partial charge < -0.3 is 4.90 Å². The second kappa shape index (κ2) is 4.61. The normalized spacial score (nSPS) is 19.6. The minimum atomic E-state index is -0.221. The first kappa shape index (κ1) is 10.5. The predicted octanol–water partition coefficient (Wildman–Crippen LogP) is 1.95. The maximum absolute atomic E-state index is 12.8. The lowest BCUT2D eigenvalue weighted by Gasteiger charge is -2.26. The first-order valence-corrected chi connectivity index (χ1v) is 4.88. The van der Waals surface area contributed by atoms with Crippen molar-refractivity contribution in [3.63, 3.8) is 0 Å². The van der Waals surface area contributed by atoms with Crippen molar-refractivity contribution in [2.45, 2.75) is 13.3 Å². The standard InChI is InChI=1S/C9H13ClFNO/c1-7(5-10)9(13)12-4-2-3-8(11)6-12/h3,7H,2,4-6H2,1H3. The van der Waals surface area contributed by atoms with Crippen LogP contribution in [0, 0.1) is 5.92 Å². The van der Waals surface area contributed by atoms with Crippen LogP contribution in [0.4, 0.5) is 4.39 Å². The molecule has 1 amide bonds. The third kappa shape index (κ3) is 2.69. The zero-order chi connectivity index (χ0) is 9.84. The molecular weight excluding hydrogens is 193 g/mol. The molecule has 0 N–H and O–H groups in total. The molecule has 74 valence electrons. The minimum Gasteiger partial charge on any atom is -0.335 e. The van der Waals surface area contributed by atoms with Gasteiger partial charge in [0, 0.05) is 18.3 Å². The van der Waals surface area contributed by atoms with Gasteiger partial charge in [-0.3, -0.25) is 4.79 Å².